The van der Waals surface area contributed by atoms with Crippen LogP contribution in [0.25, 0.3) is 0 Å². The highest BCUT2D eigenvalue weighted by atomic mass is 16.6. The molecule has 0 bridgehead atoms. The fourth-order valence-electron chi connectivity index (χ4n) is 3.25. The Hall–Kier alpha value is -4.12. The average Bonchev–Trinajstić information content (AvgIpc) is 3.09. The van der Waals surface area contributed by atoms with Gasteiger partial charge < -0.3 is 14.8 Å². The lowest BCUT2D eigenvalue weighted by molar-refractivity contribution is -0.154. The zero-order valence-corrected chi connectivity index (χ0v) is 18.9. The second-order valence-electron chi connectivity index (χ2n) is 7.57. The molecule has 8 nitrogen and oxygen atoms in total. The largest absolute Gasteiger partial charge is 0.479 e. The SMILES string of the molecule is Cc1nn(Cc2ccccc2)c(C)c1CNC(=O)COC(=O)C(C)Oc1ccc(C#N)cc1. The Morgan fingerprint density at radius 2 is 1.82 bits per heavy atom. The van der Waals surface area contributed by atoms with Crippen LogP contribution in [0, 0.1) is 25.2 Å². The molecule has 1 heterocycles. The van der Waals surface area contributed by atoms with Gasteiger partial charge >= 0.3 is 5.97 Å². The number of carbonyl (C=O) groups is 2. The number of carbonyl (C=O) groups excluding carboxylic acids is 2. The number of nitriles is 1. The highest BCUT2D eigenvalue weighted by Gasteiger charge is 2.18. The van der Waals surface area contributed by atoms with Crippen LogP contribution >= 0.6 is 0 Å². The summed E-state index contributed by atoms with van der Waals surface area (Å²) in [6.07, 6.45) is -0.897. The number of nitrogens with one attached hydrogen (secondary N) is 1. The molecular weight excluding hydrogens is 420 g/mol. The van der Waals surface area contributed by atoms with E-state index in [1.54, 1.807) is 24.3 Å². The molecule has 3 aromatic rings. The van der Waals surface area contributed by atoms with E-state index < -0.39 is 24.6 Å². The average molecular weight is 447 g/mol. The fraction of sp³-hybridized carbons (Fsp3) is 0.280. The molecule has 33 heavy (non-hydrogen) atoms. The molecule has 1 N–H and O–H groups in total. The maximum absolute atomic E-state index is 12.2. The fourth-order valence-corrected chi connectivity index (χ4v) is 3.25. The molecule has 170 valence electrons. The number of ether oxygens (including phenoxy) is 2. The smallest absolute Gasteiger partial charge is 0.347 e. The van der Waals surface area contributed by atoms with Crippen molar-refractivity contribution in [1.82, 2.24) is 15.1 Å². The summed E-state index contributed by atoms with van der Waals surface area (Å²) in [5.41, 5.74) is 4.37. The van der Waals surface area contributed by atoms with Gasteiger partial charge in [-0.3, -0.25) is 9.48 Å². The molecular formula is C25H26N4O4. The van der Waals surface area contributed by atoms with Crippen LogP contribution in [0.5, 0.6) is 5.75 Å². The van der Waals surface area contributed by atoms with Gasteiger partial charge in [0.1, 0.15) is 5.75 Å². The van der Waals surface area contributed by atoms with E-state index in [4.69, 9.17) is 14.7 Å². The van der Waals surface area contributed by atoms with Crippen LogP contribution < -0.4 is 10.1 Å². The first-order valence-corrected chi connectivity index (χ1v) is 10.5. The Labute approximate surface area is 192 Å². The van der Waals surface area contributed by atoms with Crippen molar-refractivity contribution in [1.29, 1.82) is 5.26 Å². The van der Waals surface area contributed by atoms with Gasteiger partial charge in [0.05, 0.1) is 23.9 Å². The number of benzene rings is 2. The van der Waals surface area contributed by atoms with Crippen molar-refractivity contribution in [2.45, 2.75) is 40.0 Å². The predicted octanol–water partition coefficient (Wildman–Crippen LogP) is 3.05. The van der Waals surface area contributed by atoms with Gasteiger partial charge in [-0.1, -0.05) is 30.3 Å². The summed E-state index contributed by atoms with van der Waals surface area (Å²) in [7, 11) is 0. The molecule has 0 aliphatic heterocycles. The zero-order valence-electron chi connectivity index (χ0n) is 18.9. The maximum Gasteiger partial charge on any atom is 0.347 e. The lowest BCUT2D eigenvalue weighted by Crippen LogP contribution is -2.32. The molecule has 0 aliphatic rings. The van der Waals surface area contributed by atoms with Gasteiger partial charge in [-0.2, -0.15) is 10.4 Å². The van der Waals surface area contributed by atoms with Gasteiger partial charge in [-0.25, -0.2) is 4.79 Å². The summed E-state index contributed by atoms with van der Waals surface area (Å²) in [5, 5.41) is 16.2. The van der Waals surface area contributed by atoms with E-state index in [0.29, 0.717) is 24.4 Å². The number of nitrogens with zero attached hydrogens (tertiary/aromatic N) is 3. The van der Waals surface area contributed by atoms with Crippen molar-refractivity contribution in [2.75, 3.05) is 6.61 Å². The standard InChI is InChI=1S/C25H26N4O4/c1-17-23(18(2)29(28-17)15-21-7-5-4-6-8-21)14-27-24(30)16-32-25(31)19(3)33-22-11-9-20(13-26)10-12-22/h4-12,19H,14-16H2,1-3H3,(H,27,30). The lowest BCUT2D eigenvalue weighted by Gasteiger charge is -2.14. The third-order valence-corrected chi connectivity index (χ3v) is 5.14. The molecule has 8 heteroatoms. The quantitative estimate of drug-likeness (QED) is 0.507. The highest BCUT2D eigenvalue weighted by Crippen LogP contribution is 2.15. The van der Waals surface area contributed by atoms with Crippen molar-refractivity contribution >= 4 is 11.9 Å². The first kappa shape index (κ1) is 23.5. The molecule has 0 radical (unpaired) electrons. The highest BCUT2D eigenvalue weighted by molar-refractivity contribution is 5.82. The third-order valence-electron chi connectivity index (χ3n) is 5.14. The van der Waals surface area contributed by atoms with Gasteiger partial charge in [0.2, 0.25) is 0 Å². The first-order chi connectivity index (χ1) is 15.9. The number of hydrogen-bond donors (Lipinski definition) is 1. The predicted molar refractivity (Wildman–Crippen MR) is 121 cm³/mol. The maximum atomic E-state index is 12.2. The van der Waals surface area contributed by atoms with Gasteiger partial charge in [0.25, 0.3) is 5.91 Å². The van der Waals surface area contributed by atoms with Crippen LogP contribution in [-0.2, 0) is 27.4 Å². The van der Waals surface area contributed by atoms with Crippen molar-refractivity contribution in [3.8, 4) is 11.8 Å². The Bertz CT molecular complexity index is 1150. The van der Waals surface area contributed by atoms with Crippen molar-refractivity contribution in [2.24, 2.45) is 0 Å². The second-order valence-corrected chi connectivity index (χ2v) is 7.57. The second kappa shape index (κ2) is 11.0. The molecule has 0 aliphatic carbocycles. The summed E-state index contributed by atoms with van der Waals surface area (Å²) in [6.45, 7) is 5.93. The summed E-state index contributed by atoms with van der Waals surface area (Å²) < 4.78 is 12.5. The molecule has 3 rings (SSSR count). The van der Waals surface area contributed by atoms with Crippen LogP contribution in [-0.4, -0.2) is 34.4 Å². The molecule has 0 spiro atoms. The molecule has 1 amide bonds. The third kappa shape index (κ3) is 6.43. The molecule has 1 unspecified atom stereocenters. The van der Waals surface area contributed by atoms with Crippen LogP contribution in [0.15, 0.2) is 54.6 Å². The van der Waals surface area contributed by atoms with Crippen LogP contribution in [0.3, 0.4) is 0 Å². The minimum Gasteiger partial charge on any atom is -0.479 e. The molecule has 0 fully saturated rings. The topological polar surface area (TPSA) is 106 Å². The Kier molecular flexibility index (Phi) is 7.82. The normalized spacial score (nSPS) is 11.3. The molecule has 0 saturated heterocycles. The van der Waals surface area contributed by atoms with Crippen molar-refractivity contribution in [3.63, 3.8) is 0 Å². The van der Waals surface area contributed by atoms with E-state index in [2.05, 4.69) is 10.4 Å². The molecule has 1 atom stereocenters. The van der Waals surface area contributed by atoms with Crippen molar-refractivity contribution < 1.29 is 19.1 Å². The Morgan fingerprint density at radius 1 is 1.12 bits per heavy atom. The van der Waals surface area contributed by atoms with Gasteiger partial charge in [-0.05, 0) is 50.6 Å². The number of amides is 1. The molecule has 2 aromatic carbocycles. The van der Waals surface area contributed by atoms with Crippen LogP contribution in [0.4, 0.5) is 0 Å². The summed E-state index contributed by atoms with van der Waals surface area (Å²) >= 11 is 0. The van der Waals surface area contributed by atoms with Crippen molar-refractivity contribution in [3.05, 3.63) is 82.7 Å². The Balaban J connectivity index is 1.47. The number of rotatable bonds is 9. The van der Waals surface area contributed by atoms with Gasteiger partial charge in [0.15, 0.2) is 12.7 Å². The van der Waals surface area contributed by atoms with E-state index in [0.717, 1.165) is 22.5 Å². The van der Waals surface area contributed by atoms with Gasteiger partial charge in [-0.15, -0.1) is 0 Å². The Morgan fingerprint density at radius 3 is 2.48 bits per heavy atom. The number of aryl methyl sites for hydroxylation is 1. The summed E-state index contributed by atoms with van der Waals surface area (Å²) in [6, 6.07) is 18.4. The van der Waals surface area contributed by atoms with Gasteiger partial charge in [0, 0.05) is 17.8 Å². The summed E-state index contributed by atoms with van der Waals surface area (Å²) in [4.78, 5) is 24.3. The number of hydrogen-bond acceptors (Lipinski definition) is 6. The lowest BCUT2D eigenvalue weighted by atomic mass is 10.2. The van der Waals surface area contributed by atoms with E-state index >= 15 is 0 Å². The van der Waals surface area contributed by atoms with E-state index in [1.165, 1.54) is 6.92 Å². The van der Waals surface area contributed by atoms with E-state index in [-0.39, 0.29) is 0 Å². The molecule has 1 aromatic heterocycles. The zero-order chi connectivity index (χ0) is 23.8. The van der Waals surface area contributed by atoms with Crippen LogP contribution in [0.2, 0.25) is 0 Å². The van der Waals surface area contributed by atoms with E-state index in [1.807, 2.05) is 54.9 Å². The summed E-state index contributed by atoms with van der Waals surface area (Å²) in [5.74, 6) is -0.637. The minimum atomic E-state index is -0.897. The monoisotopic (exact) mass is 446 g/mol. The number of esters is 1. The van der Waals surface area contributed by atoms with Crippen LogP contribution in [0.1, 0.15) is 35.0 Å². The molecule has 0 saturated carbocycles. The van der Waals surface area contributed by atoms with E-state index in [9.17, 15) is 9.59 Å². The number of aromatic nitrogens is 2. The minimum absolute atomic E-state index is 0.292. The first-order valence-electron chi connectivity index (χ1n) is 10.5.